The molecule has 20 heavy (non-hydrogen) atoms. The molecule has 0 unspecified atom stereocenters. The van der Waals surface area contributed by atoms with Crippen LogP contribution in [0.15, 0.2) is 45.5 Å². The number of halogens is 4. The number of nitrogens with one attached hydrogen (secondary N) is 1. The number of nitrogens with zero attached hydrogens (tertiary/aromatic N) is 1. The molecule has 2 rings (SSSR count). The van der Waals surface area contributed by atoms with E-state index < -0.39 is 6.61 Å². The Balaban J connectivity index is 1.96. The monoisotopic (exact) mass is 406 g/mol. The molecule has 0 spiro atoms. The van der Waals surface area contributed by atoms with Crippen LogP contribution in [0.4, 0.5) is 14.5 Å². The number of hydrogen-bond donors (Lipinski definition) is 1. The van der Waals surface area contributed by atoms with Crippen molar-refractivity contribution in [1.82, 2.24) is 4.98 Å². The van der Waals surface area contributed by atoms with Gasteiger partial charge in [0.25, 0.3) is 0 Å². The number of hydrogen-bond acceptors (Lipinski definition) is 3. The van der Waals surface area contributed by atoms with E-state index in [1.165, 1.54) is 12.1 Å². The Morgan fingerprint density at radius 3 is 2.50 bits per heavy atom. The van der Waals surface area contributed by atoms with Gasteiger partial charge >= 0.3 is 6.61 Å². The third-order valence-corrected chi connectivity index (χ3v) is 3.54. The molecule has 0 fully saturated rings. The van der Waals surface area contributed by atoms with E-state index in [2.05, 4.69) is 46.9 Å². The molecule has 1 aromatic carbocycles. The van der Waals surface area contributed by atoms with Crippen molar-refractivity contribution in [1.29, 1.82) is 0 Å². The fourth-order valence-electron chi connectivity index (χ4n) is 1.51. The first-order valence-corrected chi connectivity index (χ1v) is 7.22. The lowest BCUT2D eigenvalue weighted by atomic mass is 10.3. The molecule has 1 N–H and O–H groups in total. The van der Waals surface area contributed by atoms with Crippen LogP contribution in [-0.4, -0.2) is 11.6 Å². The highest BCUT2D eigenvalue weighted by Gasteiger charge is 2.05. The van der Waals surface area contributed by atoms with Gasteiger partial charge in [-0.3, -0.25) is 4.98 Å². The van der Waals surface area contributed by atoms with Gasteiger partial charge in [0.2, 0.25) is 0 Å². The maximum absolute atomic E-state index is 12.0. The average Bonchev–Trinajstić information content (AvgIpc) is 2.39. The molecular weight excluding hydrogens is 398 g/mol. The zero-order valence-electron chi connectivity index (χ0n) is 10.1. The molecular formula is C13H10Br2F2N2O. The highest BCUT2D eigenvalue weighted by molar-refractivity contribution is 9.11. The van der Waals surface area contributed by atoms with E-state index in [-0.39, 0.29) is 5.75 Å². The first-order chi connectivity index (χ1) is 9.54. The number of pyridine rings is 1. The number of anilines is 1. The number of ether oxygens (including phenoxy) is 1. The Hall–Kier alpha value is -1.21. The van der Waals surface area contributed by atoms with Crippen molar-refractivity contribution >= 4 is 37.5 Å². The number of benzene rings is 1. The van der Waals surface area contributed by atoms with Gasteiger partial charge in [0, 0.05) is 20.8 Å². The van der Waals surface area contributed by atoms with Crippen LogP contribution in [0.25, 0.3) is 0 Å². The molecule has 0 saturated heterocycles. The largest absolute Gasteiger partial charge is 0.435 e. The SMILES string of the molecule is FC(F)Oc1ccc(NCc2ncc(Br)cc2Br)cc1. The predicted octanol–water partition coefficient (Wildman–Crippen LogP) is 4.82. The molecule has 0 amide bonds. The zero-order valence-corrected chi connectivity index (χ0v) is 13.3. The van der Waals surface area contributed by atoms with Crippen molar-refractivity contribution < 1.29 is 13.5 Å². The number of rotatable bonds is 5. The molecule has 0 atom stereocenters. The van der Waals surface area contributed by atoms with Crippen molar-refractivity contribution in [2.24, 2.45) is 0 Å². The molecule has 0 aliphatic carbocycles. The van der Waals surface area contributed by atoms with Crippen LogP contribution in [0, 0.1) is 0 Å². The lowest BCUT2D eigenvalue weighted by Crippen LogP contribution is -2.04. The van der Waals surface area contributed by atoms with Crippen LogP contribution in [0.1, 0.15) is 5.69 Å². The van der Waals surface area contributed by atoms with E-state index in [1.54, 1.807) is 18.3 Å². The second kappa shape index (κ2) is 6.99. The van der Waals surface area contributed by atoms with Crippen LogP contribution in [0.2, 0.25) is 0 Å². The summed E-state index contributed by atoms with van der Waals surface area (Å²) in [4.78, 5) is 4.27. The maximum Gasteiger partial charge on any atom is 0.387 e. The number of alkyl halides is 2. The topological polar surface area (TPSA) is 34.1 Å². The summed E-state index contributed by atoms with van der Waals surface area (Å²) in [5.41, 5.74) is 1.64. The molecule has 0 radical (unpaired) electrons. The Morgan fingerprint density at radius 1 is 1.20 bits per heavy atom. The summed E-state index contributed by atoms with van der Waals surface area (Å²) in [6, 6.07) is 8.22. The fourth-order valence-corrected chi connectivity index (χ4v) is 2.64. The molecule has 0 aliphatic rings. The second-order valence-electron chi connectivity index (χ2n) is 3.84. The van der Waals surface area contributed by atoms with Gasteiger partial charge in [-0.1, -0.05) is 0 Å². The van der Waals surface area contributed by atoms with Gasteiger partial charge in [0.1, 0.15) is 5.75 Å². The lowest BCUT2D eigenvalue weighted by Gasteiger charge is -2.09. The molecule has 0 aliphatic heterocycles. The lowest BCUT2D eigenvalue weighted by molar-refractivity contribution is -0.0498. The van der Waals surface area contributed by atoms with Crippen molar-refractivity contribution in [3.8, 4) is 5.75 Å². The summed E-state index contributed by atoms with van der Waals surface area (Å²) in [6.45, 7) is -2.29. The Kier molecular flexibility index (Phi) is 5.31. The molecule has 0 saturated carbocycles. The minimum atomic E-state index is -2.81. The van der Waals surface area contributed by atoms with Crippen molar-refractivity contribution in [3.63, 3.8) is 0 Å². The highest BCUT2D eigenvalue weighted by atomic mass is 79.9. The summed E-state index contributed by atoms with van der Waals surface area (Å²) >= 11 is 6.76. The molecule has 0 bridgehead atoms. The fraction of sp³-hybridized carbons (Fsp3) is 0.154. The van der Waals surface area contributed by atoms with Gasteiger partial charge in [0.05, 0.1) is 12.2 Å². The van der Waals surface area contributed by atoms with E-state index in [4.69, 9.17) is 0 Å². The summed E-state index contributed by atoms with van der Waals surface area (Å²) in [7, 11) is 0. The van der Waals surface area contributed by atoms with Gasteiger partial charge in [-0.25, -0.2) is 0 Å². The van der Waals surface area contributed by atoms with Crippen LogP contribution in [0.3, 0.4) is 0 Å². The van der Waals surface area contributed by atoms with Gasteiger partial charge < -0.3 is 10.1 Å². The first kappa shape index (κ1) is 15.2. The smallest absolute Gasteiger partial charge is 0.387 e. The Morgan fingerprint density at radius 2 is 1.90 bits per heavy atom. The normalized spacial score (nSPS) is 10.7. The van der Waals surface area contributed by atoms with Crippen LogP contribution in [-0.2, 0) is 6.54 Å². The third-order valence-electron chi connectivity index (χ3n) is 2.42. The van der Waals surface area contributed by atoms with Crippen molar-refractivity contribution in [2.45, 2.75) is 13.2 Å². The molecule has 3 nitrogen and oxygen atoms in total. The summed E-state index contributed by atoms with van der Waals surface area (Å²) < 4.78 is 30.1. The minimum absolute atomic E-state index is 0.133. The Labute approximate surface area is 131 Å². The van der Waals surface area contributed by atoms with Gasteiger partial charge in [-0.2, -0.15) is 8.78 Å². The van der Waals surface area contributed by atoms with E-state index in [1.807, 2.05) is 6.07 Å². The van der Waals surface area contributed by atoms with Crippen molar-refractivity contribution in [3.05, 3.63) is 51.2 Å². The average molecular weight is 408 g/mol. The van der Waals surface area contributed by atoms with E-state index in [9.17, 15) is 8.78 Å². The first-order valence-electron chi connectivity index (χ1n) is 5.63. The van der Waals surface area contributed by atoms with Gasteiger partial charge in [-0.05, 0) is 62.2 Å². The van der Waals surface area contributed by atoms with E-state index >= 15 is 0 Å². The molecule has 106 valence electrons. The van der Waals surface area contributed by atoms with Gasteiger partial charge in [-0.15, -0.1) is 0 Å². The Bertz CT molecular complexity index is 579. The molecule has 1 aromatic heterocycles. The maximum atomic E-state index is 12.0. The van der Waals surface area contributed by atoms with E-state index in [0.29, 0.717) is 6.54 Å². The summed E-state index contributed by atoms with van der Waals surface area (Å²) in [6.07, 6.45) is 1.71. The predicted molar refractivity (Wildman–Crippen MR) is 80.0 cm³/mol. The highest BCUT2D eigenvalue weighted by Crippen LogP contribution is 2.22. The van der Waals surface area contributed by atoms with Crippen LogP contribution < -0.4 is 10.1 Å². The van der Waals surface area contributed by atoms with Crippen LogP contribution >= 0.6 is 31.9 Å². The van der Waals surface area contributed by atoms with Gasteiger partial charge in [0.15, 0.2) is 0 Å². The zero-order chi connectivity index (χ0) is 14.5. The van der Waals surface area contributed by atoms with Crippen molar-refractivity contribution in [2.75, 3.05) is 5.32 Å². The van der Waals surface area contributed by atoms with E-state index in [0.717, 1.165) is 20.3 Å². The summed E-state index contributed by atoms with van der Waals surface area (Å²) in [5, 5.41) is 3.15. The quantitative estimate of drug-likeness (QED) is 0.771. The third kappa shape index (κ3) is 4.42. The van der Waals surface area contributed by atoms with Crippen LogP contribution in [0.5, 0.6) is 5.75 Å². The molecule has 1 heterocycles. The molecule has 7 heteroatoms. The summed E-state index contributed by atoms with van der Waals surface area (Å²) in [5.74, 6) is 0.133. The standard InChI is InChI=1S/C13H10Br2F2N2O/c14-8-5-11(15)12(19-6-8)7-18-9-1-3-10(4-2-9)20-13(16)17/h1-6,13,18H,7H2. The molecule has 2 aromatic rings. The number of aromatic nitrogens is 1. The second-order valence-corrected chi connectivity index (χ2v) is 5.61. The minimum Gasteiger partial charge on any atom is -0.435 e.